The van der Waals surface area contributed by atoms with Crippen molar-refractivity contribution >= 4 is 39.1 Å². The smallest absolute Gasteiger partial charge is 0.254 e. The van der Waals surface area contributed by atoms with Gasteiger partial charge in [-0.1, -0.05) is 31.2 Å². The Morgan fingerprint density at radius 2 is 1.76 bits per heavy atom. The van der Waals surface area contributed by atoms with Crippen LogP contribution in [0.2, 0.25) is 0 Å². The second kappa shape index (κ2) is 8.80. The molecule has 0 bridgehead atoms. The van der Waals surface area contributed by atoms with E-state index < -0.39 is 16.1 Å². The van der Waals surface area contributed by atoms with E-state index >= 15 is 0 Å². The Morgan fingerprint density at radius 1 is 1.06 bits per heavy atom. The molecule has 33 heavy (non-hydrogen) atoms. The van der Waals surface area contributed by atoms with Gasteiger partial charge in [0.2, 0.25) is 16.0 Å². The lowest BCUT2D eigenvalue weighted by atomic mass is 9.97. The van der Waals surface area contributed by atoms with Gasteiger partial charge in [-0.2, -0.15) is 4.98 Å². The number of fused-ring (bicyclic) bond motifs is 1. The molecule has 0 saturated carbocycles. The number of likely N-dealkylation sites (N-methyl/N-ethyl adjacent to an activating group) is 2. The normalized spacial score (nSPS) is 16.0. The number of anilines is 4. The number of carbonyl (C=O) groups excluding carboxylic acids is 1. The zero-order valence-corrected chi connectivity index (χ0v) is 19.7. The first-order valence-electron chi connectivity index (χ1n) is 10.5. The Hall–Kier alpha value is -3.50. The zero-order valence-electron chi connectivity index (χ0n) is 18.9. The summed E-state index contributed by atoms with van der Waals surface area (Å²) in [6, 6.07) is 13.7. The number of hydrogen-bond donors (Lipinski definition) is 2. The third-order valence-electron chi connectivity index (χ3n) is 5.64. The first-order valence-corrected chi connectivity index (χ1v) is 12.0. The predicted molar refractivity (Wildman–Crippen MR) is 128 cm³/mol. The predicted octanol–water partition coefficient (Wildman–Crippen LogP) is 2.98. The van der Waals surface area contributed by atoms with Crippen LogP contribution in [-0.2, 0) is 14.8 Å². The highest BCUT2D eigenvalue weighted by atomic mass is 32.2. The Kier molecular flexibility index (Phi) is 6.05. The molecule has 9 nitrogen and oxygen atoms in total. The average Bonchev–Trinajstić information content (AvgIpc) is 2.79. The number of amides is 1. The zero-order chi connectivity index (χ0) is 23.8. The quantitative estimate of drug-likeness (QED) is 0.575. The Balaban J connectivity index is 1.63. The van der Waals surface area contributed by atoms with Crippen molar-refractivity contribution in [2.75, 3.05) is 35.8 Å². The fourth-order valence-electron chi connectivity index (χ4n) is 3.87. The molecule has 4 rings (SSSR count). The van der Waals surface area contributed by atoms with Crippen LogP contribution >= 0.6 is 0 Å². The third kappa shape index (κ3) is 4.27. The highest BCUT2D eigenvalue weighted by Gasteiger charge is 2.37. The van der Waals surface area contributed by atoms with Gasteiger partial charge < -0.3 is 15.1 Å². The van der Waals surface area contributed by atoms with Gasteiger partial charge in [0.25, 0.3) is 5.91 Å². The van der Waals surface area contributed by atoms with Gasteiger partial charge in [0, 0.05) is 26.3 Å². The van der Waals surface area contributed by atoms with Crippen LogP contribution in [0.1, 0.15) is 24.1 Å². The number of hydrogen-bond acceptors (Lipinski definition) is 7. The van der Waals surface area contributed by atoms with Crippen molar-refractivity contribution in [3.8, 4) is 0 Å². The lowest BCUT2D eigenvalue weighted by molar-refractivity contribution is -0.120. The number of aryl methyl sites for hydroxylation is 1. The van der Waals surface area contributed by atoms with Crippen molar-refractivity contribution < 1.29 is 13.2 Å². The van der Waals surface area contributed by atoms with Gasteiger partial charge in [-0.05, 0) is 42.3 Å². The van der Waals surface area contributed by atoms with Crippen molar-refractivity contribution in [3.63, 3.8) is 0 Å². The molecule has 0 fully saturated rings. The molecule has 1 aliphatic rings. The minimum atomic E-state index is -3.52. The minimum absolute atomic E-state index is 0.0545. The molecule has 1 aromatic heterocycles. The average molecular weight is 467 g/mol. The van der Waals surface area contributed by atoms with E-state index in [1.54, 1.807) is 37.2 Å². The molecule has 172 valence electrons. The molecule has 2 heterocycles. The van der Waals surface area contributed by atoms with E-state index in [0.29, 0.717) is 29.7 Å². The molecule has 1 aliphatic heterocycles. The van der Waals surface area contributed by atoms with E-state index in [9.17, 15) is 13.2 Å². The summed E-state index contributed by atoms with van der Waals surface area (Å²) >= 11 is 0. The summed E-state index contributed by atoms with van der Waals surface area (Å²) in [5, 5.41) is 3.11. The highest BCUT2D eigenvalue weighted by molar-refractivity contribution is 7.89. The highest BCUT2D eigenvalue weighted by Crippen LogP contribution is 2.39. The topological polar surface area (TPSA) is 108 Å². The fourth-order valence-corrected chi connectivity index (χ4v) is 4.91. The standard InChI is InChI=1S/C23H26N6O3S/c1-5-25-33(31,32)17-12-10-16(11-13-17)26-23-24-14-19-21(27-23)29(4)20(22(30)28(19)3)18-9-7-6-8-15(18)2/h6-14,20,25H,5H2,1-4H3,(H,24,26,27). The first kappa shape index (κ1) is 22.7. The van der Waals surface area contributed by atoms with Gasteiger partial charge in [-0.3, -0.25) is 4.79 Å². The van der Waals surface area contributed by atoms with Crippen LogP contribution in [0.25, 0.3) is 0 Å². The molecule has 10 heteroatoms. The van der Waals surface area contributed by atoms with Gasteiger partial charge >= 0.3 is 0 Å². The van der Waals surface area contributed by atoms with E-state index in [4.69, 9.17) is 0 Å². The Labute approximate surface area is 193 Å². The van der Waals surface area contributed by atoms with Crippen LogP contribution in [-0.4, -0.2) is 44.9 Å². The maximum absolute atomic E-state index is 13.1. The van der Waals surface area contributed by atoms with Crippen molar-refractivity contribution in [2.45, 2.75) is 24.8 Å². The molecule has 0 aliphatic carbocycles. The summed E-state index contributed by atoms with van der Waals surface area (Å²) < 4.78 is 26.7. The molecular weight excluding hydrogens is 440 g/mol. The van der Waals surface area contributed by atoms with Gasteiger partial charge in [0.05, 0.1) is 11.1 Å². The van der Waals surface area contributed by atoms with E-state index in [-0.39, 0.29) is 10.8 Å². The van der Waals surface area contributed by atoms with Crippen LogP contribution < -0.4 is 19.8 Å². The molecular formula is C23H26N6O3S. The Morgan fingerprint density at radius 3 is 2.42 bits per heavy atom. The molecule has 1 amide bonds. The lowest BCUT2D eigenvalue weighted by Crippen LogP contribution is -2.45. The summed E-state index contributed by atoms with van der Waals surface area (Å²) in [6.45, 7) is 4.03. The van der Waals surface area contributed by atoms with Crippen LogP contribution in [0.5, 0.6) is 0 Å². The molecule has 2 aromatic carbocycles. The molecule has 1 atom stereocenters. The number of rotatable bonds is 6. The molecule has 0 saturated heterocycles. The van der Waals surface area contributed by atoms with Gasteiger partial charge in [0.15, 0.2) is 5.82 Å². The minimum Gasteiger partial charge on any atom is -0.342 e. The molecule has 0 spiro atoms. The molecule has 1 unspecified atom stereocenters. The van der Waals surface area contributed by atoms with Gasteiger partial charge in [-0.25, -0.2) is 18.1 Å². The van der Waals surface area contributed by atoms with Crippen LogP contribution in [0.3, 0.4) is 0 Å². The SMILES string of the molecule is CCNS(=O)(=O)c1ccc(Nc2ncc3c(n2)N(C)C(c2ccccc2C)C(=O)N3C)cc1. The summed E-state index contributed by atoms with van der Waals surface area (Å²) in [7, 11) is 0.0470. The fraction of sp³-hybridized carbons (Fsp3) is 0.261. The summed E-state index contributed by atoms with van der Waals surface area (Å²) in [6.07, 6.45) is 1.61. The number of sulfonamides is 1. The van der Waals surface area contributed by atoms with E-state index in [1.165, 1.54) is 12.1 Å². The Bertz CT molecular complexity index is 1290. The number of nitrogens with zero attached hydrogens (tertiary/aromatic N) is 4. The molecule has 2 N–H and O–H groups in total. The van der Waals surface area contributed by atoms with Crippen LogP contribution in [0.15, 0.2) is 59.6 Å². The van der Waals surface area contributed by atoms with Crippen LogP contribution in [0.4, 0.5) is 23.1 Å². The van der Waals surface area contributed by atoms with Crippen molar-refractivity contribution in [2.24, 2.45) is 0 Å². The van der Waals surface area contributed by atoms with E-state index in [1.807, 2.05) is 43.1 Å². The second-order valence-corrected chi connectivity index (χ2v) is 9.59. The molecule has 0 radical (unpaired) electrons. The lowest BCUT2D eigenvalue weighted by Gasteiger charge is -2.39. The van der Waals surface area contributed by atoms with Gasteiger partial charge in [-0.15, -0.1) is 0 Å². The number of benzene rings is 2. The van der Waals surface area contributed by atoms with Crippen molar-refractivity contribution in [3.05, 3.63) is 65.9 Å². The summed E-state index contributed by atoms with van der Waals surface area (Å²) in [5.41, 5.74) is 3.21. The van der Waals surface area contributed by atoms with E-state index in [0.717, 1.165) is 11.1 Å². The summed E-state index contributed by atoms with van der Waals surface area (Å²) in [4.78, 5) is 25.8. The van der Waals surface area contributed by atoms with Crippen LogP contribution in [0, 0.1) is 6.92 Å². The largest absolute Gasteiger partial charge is 0.342 e. The first-order chi connectivity index (χ1) is 15.7. The molecule has 3 aromatic rings. The van der Waals surface area contributed by atoms with Gasteiger partial charge in [0.1, 0.15) is 11.7 Å². The second-order valence-electron chi connectivity index (χ2n) is 7.82. The monoisotopic (exact) mass is 466 g/mol. The number of carbonyl (C=O) groups is 1. The summed E-state index contributed by atoms with van der Waals surface area (Å²) in [5.74, 6) is 0.907. The maximum atomic E-state index is 13.1. The number of nitrogens with one attached hydrogen (secondary N) is 2. The van der Waals surface area contributed by atoms with Crippen molar-refractivity contribution in [1.82, 2.24) is 14.7 Å². The number of aromatic nitrogens is 2. The van der Waals surface area contributed by atoms with E-state index in [2.05, 4.69) is 20.0 Å². The maximum Gasteiger partial charge on any atom is 0.254 e. The van der Waals surface area contributed by atoms with Crippen molar-refractivity contribution in [1.29, 1.82) is 0 Å². The third-order valence-corrected chi connectivity index (χ3v) is 7.20.